The number of rotatable bonds is 3. The zero-order valence-corrected chi connectivity index (χ0v) is 14.3. The molecular formula is C16H20BrFN2O. The van der Waals surface area contributed by atoms with Crippen LogP contribution in [0.15, 0.2) is 28.9 Å². The van der Waals surface area contributed by atoms with Gasteiger partial charge in [-0.05, 0) is 33.6 Å². The normalized spacial score (nSPS) is 13.5. The van der Waals surface area contributed by atoms with Gasteiger partial charge in [-0.2, -0.15) is 5.10 Å². The molecule has 1 heterocycles. The Bertz CT molecular complexity index is 646. The van der Waals surface area contributed by atoms with Crippen molar-refractivity contribution >= 4 is 15.9 Å². The summed E-state index contributed by atoms with van der Waals surface area (Å²) in [6.07, 6.45) is 1.61. The fourth-order valence-corrected chi connectivity index (χ4v) is 2.76. The smallest absolute Gasteiger partial charge is 0.137 e. The zero-order valence-electron chi connectivity index (χ0n) is 12.7. The molecule has 21 heavy (non-hydrogen) atoms. The monoisotopic (exact) mass is 354 g/mol. The molecule has 0 saturated heterocycles. The number of hydrogen-bond acceptors (Lipinski definition) is 2. The van der Waals surface area contributed by atoms with Crippen molar-refractivity contribution in [3.63, 3.8) is 0 Å². The molecule has 1 aromatic carbocycles. The van der Waals surface area contributed by atoms with Gasteiger partial charge in [-0.25, -0.2) is 4.39 Å². The standard InChI is InChI=1S/C16H20BrFN2O/c1-16(2,3)15-11(9-20(4)19-15)14(21)8-10-5-6-13(18)12(17)7-10/h5-7,9,14,21H,8H2,1-4H3. The van der Waals surface area contributed by atoms with Gasteiger partial charge in [0.05, 0.1) is 16.3 Å². The predicted octanol–water partition coefficient (Wildman–Crippen LogP) is 3.90. The van der Waals surface area contributed by atoms with Crippen LogP contribution in [-0.2, 0) is 18.9 Å². The highest BCUT2D eigenvalue weighted by atomic mass is 79.9. The summed E-state index contributed by atoms with van der Waals surface area (Å²) >= 11 is 3.17. The number of benzene rings is 1. The molecule has 0 fully saturated rings. The van der Waals surface area contributed by atoms with Gasteiger partial charge in [0.15, 0.2) is 0 Å². The summed E-state index contributed by atoms with van der Waals surface area (Å²) in [7, 11) is 1.85. The van der Waals surface area contributed by atoms with Crippen LogP contribution in [-0.4, -0.2) is 14.9 Å². The number of aliphatic hydroxyl groups is 1. The van der Waals surface area contributed by atoms with Crippen molar-refractivity contribution in [2.75, 3.05) is 0 Å². The summed E-state index contributed by atoms with van der Waals surface area (Å²) in [5.74, 6) is -0.301. The number of hydrogen-bond donors (Lipinski definition) is 1. The molecule has 0 aliphatic rings. The van der Waals surface area contributed by atoms with E-state index in [1.165, 1.54) is 6.07 Å². The lowest BCUT2D eigenvalue weighted by molar-refractivity contribution is 0.176. The minimum atomic E-state index is -0.662. The van der Waals surface area contributed by atoms with E-state index >= 15 is 0 Å². The fourth-order valence-electron chi connectivity index (χ4n) is 2.33. The molecule has 1 aromatic heterocycles. The Balaban J connectivity index is 2.28. The second-order valence-electron chi connectivity index (χ2n) is 6.33. The molecule has 3 nitrogen and oxygen atoms in total. The Morgan fingerprint density at radius 2 is 2.05 bits per heavy atom. The number of nitrogens with zero attached hydrogens (tertiary/aromatic N) is 2. The summed E-state index contributed by atoms with van der Waals surface area (Å²) in [5, 5.41) is 15.0. The minimum Gasteiger partial charge on any atom is -0.388 e. The quantitative estimate of drug-likeness (QED) is 0.907. The van der Waals surface area contributed by atoms with Crippen molar-refractivity contribution in [2.24, 2.45) is 7.05 Å². The molecule has 0 aliphatic heterocycles. The highest BCUT2D eigenvalue weighted by Crippen LogP contribution is 2.30. The SMILES string of the molecule is Cn1cc(C(O)Cc2ccc(F)c(Br)c2)c(C(C)(C)C)n1. The number of halogens is 2. The molecule has 1 N–H and O–H groups in total. The van der Waals surface area contributed by atoms with Gasteiger partial charge >= 0.3 is 0 Å². The first kappa shape index (κ1) is 16.2. The Kier molecular flexibility index (Phi) is 4.54. The van der Waals surface area contributed by atoms with Crippen molar-refractivity contribution in [1.29, 1.82) is 0 Å². The lowest BCUT2D eigenvalue weighted by Crippen LogP contribution is -2.17. The van der Waals surface area contributed by atoms with E-state index in [0.29, 0.717) is 10.9 Å². The van der Waals surface area contributed by atoms with Crippen LogP contribution >= 0.6 is 15.9 Å². The first-order chi connectivity index (χ1) is 9.68. The second-order valence-corrected chi connectivity index (χ2v) is 7.18. The number of aryl methyl sites for hydroxylation is 1. The molecule has 1 atom stereocenters. The van der Waals surface area contributed by atoms with E-state index in [1.54, 1.807) is 16.8 Å². The van der Waals surface area contributed by atoms with E-state index in [4.69, 9.17) is 0 Å². The van der Waals surface area contributed by atoms with Gasteiger partial charge in [-0.1, -0.05) is 26.8 Å². The molecule has 5 heteroatoms. The van der Waals surface area contributed by atoms with Gasteiger partial charge in [0, 0.05) is 30.6 Å². The van der Waals surface area contributed by atoms with Gasteiger partial charge in [0.25, 0.3) is 0 Å². The van der Waals surface area contributed by atoms with Gasteiger partial charge in [-0.3, -0.25) is 4.68 Å². The van der Waals surface area contributed by atoms with Crippen molar-refractivity contribution in [2.45, 2.75) is 38.7 Å². The van der Waals surface area contributed by atoms with E-state index < -0.39 is 6.10 Å². The topological polar surface area (TPSA) is 38.0 Å². The highest BCUT2D eigenvalue weighted by molar-refractivity contribution is 9.10. The molecular weight excluding hydrogens is 335 g/mol. The van der Waals surface area contributed by atoms with Crippen molar-refractivity contribution in [3.05, 3.63) is 51.5 Å². The van der Waals surface area contributed by atoms with Gasteiger partial charge < -0.3 is 5.11 Å². The van der Waals surface area contributed by atoms with Gasteiger partial charge in [-0.15, -0.1) is 0 Å². The van der Waals surface area contributed by atoms with Crippen LogP contribution in [0.1, 0.15) is 43.7 Å². The van der Waals surface area contributed by atoms with E-state index in [2.05, 4.69) is 41.8 Å². The minimum absolute atomic E-state index is 0.138. The third-order valence-corrected chi connectivity index (χ3v) is 3.95. The zero-order chi connectivity index (χ0) is 15.8. The second kappa shape index (κ2) is 5.89. The molecule has 0 bridgehead atoms. The molecule has 0 amide bonds. The van der Waals surface area contributed by atoms with Gasteiger partial charge in [0.1, 0.15) is 5.82 Å². The third kappa shape index (κ3) is 3.71. The molecule has 0 aliphatic carbocycles. The molecule has 2 rings (SSSR count). The van der Waals surface area contributed by atoms with Crippen LogP contribution < -0.4 is 0 Å². The first-order valence-corrected chi connectivity index (χ1v) is 7.64. The van der Waals surface area contributed by atoms with Crippen LogP contribution in [0.2, 0.25) is 0 Å². The average Bonchev–Trinajstić information content (AvgIpc) is 2.76. The van der Waals surface area contributed by atoms with Crippen LogP contribution in [0.25, 0.3) is 0 Å². The molecule has 0 spiro atoms. The van der Waals surface area contributed by atoms with E-state index in [-0.39, 0.29) is 11.2 Å². The van der Waals surface area contributed by atoms with E-state index in [1.807, 2.05) is 13.2 Å². The van der Waals surface area contributed by atoms with Crippen LogP contribution in [0.3, 0.4) is 0 Å². The van der Waals surface area contributed by atoms with Crippen LogP contribution in [0, 0.1) is 5.82 Å². The Morgan fingerprint density at radius 3 is 2.62 bits per heavy atom. The molecule has 0 radical (unpaired) electrons. The predicted molar refractivity (Wildman–Crippen MR) is 84.7 cm³/mol. The lowest BCUT2D eigenvalue weighted by atomic mass is 9.87. The Hall–Kier alpha value is -1.20. The largest absolute Gasteiger partial charge is 0.388 e. The maximum atomic E-state index is 13.3. The average molecular weight is 355 g/mol. The van der Waals surface area contributed by atoms with Gasteiger partial charge in [0.2, 0.25) is 0 Å². The summed E-state index contributed by atoms with van der Waals surface area (Å²) in [4.78, 5) is 0. The highest BCUT2D eigenvalue weighted by Gasteiger charge is 2.25. The Labute approximate surface area is 132 Å². The summed E-state index contributed by atoms with van der Waals surface area (Å²) < 4.78 is 15.4. The van der Waals surface area contributed by atoms with Crippen molar-refractivity contribution in [1.82, 2.24) is 9.78 Å². The maximum absolute atomic E-state index is 13.3. The summed E-state index contributed by atoms with van der Waals surface area (Å²) in [6, 6.07) is 4.79. The third-order valence-electron chi connectivity index (χ3n) is 3.34. The number of aliphatic hydroxyl groups excluding tert-OH is 1. The van der Waals surface area contributed by atoms with Crippen molar-refractivity contribution in [3.8, 4) is 0 Å². The summed E-state index contributed by atoms with van der Waals surface area (Å²) in [5.41, 5.74) is 2.45. The maximum Gasteiger partial charge on any atom is 0.137 e. The fraction of sp³-hybridized carbons (Fsp3) is 0.438. The lowest BCUT2D eigenvalue weighted by Gasteiger charge is -2.20. The van der Waals surface area contributed by atoms with Crippen LogP contribution in [0.4, 0.5) is 4.39 Å². The van der Waals surface area contributed by atoms with Crippen molar-refractivity contribution < 1.29 is 9.50 Å². The van der Waals surface area contributed by atoms with E-state index in [9.17, 15) is 9.50 Å². The van der Waals surface area contributed by atoms with E-state index in [0.717, 1.165) is 16.8 Å². The Morgan fingerprint density at radius 1 is 1.38 bits per heavy atom. The molecule has 114 valence electrons. The molecule has 2 aromatic rings. The first-order valence-electron chi connectivity index (χ1n) is 6.84. The van der Waals surface area contributed by atoms with Crippen LogP contribution in [0.5, 0.6) is 0 Å². The molecule has 0 saturated carbocycles. The number of aromatic nitrogens is 2. The molecule has 1 unspecified atom stereocenters. The summed E-state index contributed by atoms with van der Waals surface area (Å²) in [6.45, 7) is 6.21.